The molecule has 1 aliphatic rings. The lowest BCUT2D eigenvalue weighted by Crippen LogP contribution is -2.19. The fourth-order valence-electron chi connectivity index (χ4n) is 4.11. The molecule has 1 aliphatic heterocycles. The number of ether oxygens (including phenoxy) is 4. The maximum absolute atomic E-state index is 6.56. The molecule has 11 heteroatoms. The van der Waals surface area contributed by atoms with Crippen LogP contribution in [0.3, 0.4) is 0 Å². The van der Waals surface area contributed by atoms with Crippen LogP contribution in [0.2, 0.25) is 5.02 Å². The average molecular weight is 555 g/mol. The van der Waals surface area contributed by atoms with Gasteiger partial charge in [-0.05, 0) is 33.2 Å². The van der Waals surface area contributed by atoms with E-state index >= 15 is 0 Å². The normalized spacial score (nSPS) is 12.1. The maximum atomic E-state index is 6.56. The number of hydrogen-bond acceptors (Lipinski definition) is 9. The van der Waals surface area contributed by atoms with Gasteiger partial charge in [0.05, 0.1) is 47.5 Å². The summed E-state index contributed by atoms with van der Waals surface area (Å²) in [5, 5.41) is 4.69. The quantitative estimate of drug-likeness (QED) is 0.274. The molecule has 0 saturated heterocycles. The lowest BCUT2D eigenvalue weighted by atomic mass is 10.1. The second kappa shape index (κ2) is 12.9. The van der Waals surface area contributed by atoms with Crippen LogP contribution in [0.4, 0.5) is 17.3 Å². The van der Waals surface area contributed by atoms with E-state index in [4.69, 9.17) is 36.5 Å². The Labute approximate surface area is 233 Å². The number of anilines is 3. The summed E-state index contributed by atoms with van der Waals surface area (Å²) < 4.78 is 23.9. The summed E-state index contributed by atoms with van der Waals surface area (Å²) in [5.41, 5.74) is 9.93. The monoisotopic (exact) mass is 554 g/mol. The van der Waals surface area contributed by atoms with Crippen molar-refractivity contribution in [2.45, 2.75) is 13.5 Å². The standard InChI is InChI=1S/C25H27ClN6O3.C3H8O/c1-31(2)7-9-35-21-12-22(33-3)19(11-18(21)27)29-25-28-13-17(26)23(30-25)16-14-32-8-10-34-20-6-4-5-15(16)24(20)32;1-3-4-2/h4-6,11-14H,7-10,27H2,1-3H3,(H,28,29,30);3H2,1-2H3. The molecule has 2 aromatic heterocycles. The highest BCUT2D eigenvalue weighted by atomic mass is 35.5. The van der Waals surface area contributed by atoms with Gasteiger partial charge in [-0.3, -0.25) is 0 Å². The molecule has 0 unspecified atom stereocenters. The summed E-state index contributed by atoms with van der Waals surface area (Å²) in [4.78, 5) is 11.2. The van der Waals surface area contributed by atoms with Gasteiger partial charge in [-0.15, -0.1) is 0 Å². The molecular formula is C28H35ClN6O4. The number of nitrogen functional groups attached to an aromatic ring is 1. The molecule has 208 valence electrons. The van der Waals surface area contributed by atoms with Gasteiger partial charge in [0, 0.05) is 43.5 Å². The molecule has 0 saturated carbocycles. The summed E-state index contributed by atoms with van der Waals surface area (Å²) in [5.74, 6) is 2.34. The first-order valence-electron chi connectivity index (χ1n) is 12.6. The van der Waals surface area contributed by atoms with Crippen molar-refractivity contribution in [2.24, 2.45) is 0 Å². The maximum Gasteiger partial charge on any atom is 0.227 e. The SMILES string of the molecule is CCOC.COc1cc(OCCN(C)C)c(N)cc1Nc1ncc(Cl)c(-c2cn3c4c(cccc24)OCC3)n1. The zero-order valence-corrected chi connectivity index (χ0v) is 23.7. The molecule has 0 atom stereocenters. The average Bonchev–Trinajstić information content (AvgIpc) is 3.31. The fraction of sp³-hybridized carbons (Fsp3) is 0.357. The summed E-state index contributed by atoms with van der Waals surface area (Å²) in [6.07, 6.45) is 3.65. The van der Waals surface area contributed by atoms with Crippen molar-refractivity contribution in [3.63, 3.8) is 0 Å². The number of methoxy groups -OCH3 is 2. The fourth-order valence-corrected chi connectivity index (χ4v) is 4.30. The Morgan fingerprint density at radius 2 is 2.00 bits per heavy atom. The van der Waals surface area contributed by atoms with E-state index in [-0.39, 0.29) is 0 Å². The molecule has 5 rings (SSSR count). The van der Waals surface area contributed by atoms with Gasteiger partial charge in [0.1, 0.15) is 30.5 Å². The predicted molar refractivity (Wildman–Crippen MR) is 156 cm³/mol. The van der Waals surface area contributed by atoms with Crippen LogP contribution < -0.4 is 25.3 Å². The Morgan fingerprint density at radius 3 is 2.72 bits per heavy atom. The smallest absolute Gasteiger partial charge is 0.227 e. The number of halogens is 1. The third-order valence-electron chi connectivity index (χ3n) is 6.11. The van der Waals surface area contributed by atoms with Crippen molar-refractivity contribution in [2.75, 3.05) is 65.7 Å². The molecule has 39 heavy (non-hydrogen) atoms. The number of nitrogens with one attached hydrogen (secondary N) is 1. The van der Waals surface area contributed by atoms with Gasteiger partial charge >= 0.3 is 0 Å². The van der Waals surface area contributed by atoms with Crippen molar-refractivity contribution in [3.05, 3.63) is 47.7 Å². The largest absolute Gasteiger partial charge is 0.494 e. The highest BCUT2D eigenvalue weighted by Crippen LogP contribution is 2.40. The minimum absolute atomic E-state index is 0.367. The van der Waals surface area contributed by atoms with Gasteiger partial charge in [-0.2, -0.15) is 0 Å². The lowest BCUT2D eigenvalue weighted by Gasteiger charge is -2.16. The molecule has 2 aromatic carbocycles. The van der Waals surface area contributed by atoms with Crippen LogP contribution in [0.5, 0.6) is 17.2 Å². The Balaban J connectivity index is 0.000000826. The third-order valence-corrected chi connectivity index (χ3v) is 6.39. The van der Waals surface area contributed by atoms with E-state index in [1.165, 1.54) is 0 Å². The van der Waals surface area contributed by atoms with Crippen molar-refractivity contribution in [1.82, 2.24) is 19.4 Å². The number of para-hydroxylation sites is 1. The molecular weight excluding hydrogens is 520 g/mol. The van der Waals surface area contributed by atoms with Crippen LogP contribution in [0.15, 0.2) is 42.7 Å². The van der Waals surface area contributed by atoms with E-state index < -0.39 is 0 Å². The topological polar surface area (TPSA) is 109 Å². The Hall–Kier alpha value is -3.73. The van der Waals surface area contributed by atoms with Gasteiger partial charge in [-0.1, -0.05) is 23.7 Å². The Kier molecular flexibility index (Phi) is 9.34. The van der Waals surface area contributed by atoms with Crippen LogP contribution in [0.1, 0.15) is 6.92 Å². The minimum Gasteiger partial charge on any atom is -0.494 e. The first-order valence-corrected chi connectivity index (χ1v) is 13.0. The van der Waals surface area contributed by atoms with Crippen molar-refractivity contribution in [1.29, 1.82) is 0 Å². The number of likely N-dealkylation sites (N-methyl/N-ethyl adjacent to an activating group) is 1. The van der Waals surface area contributed by atoms with Gasteiger partial charge < -0.3 is 39.5 Å². The third kappa shape index (κ3) is 6.47. The highest BCUT2D eigenvalue weighted by Gasteiger charge is 2.21. The molecule has 0 aliphatic carbocycles. The number of benzene rings is 2. The molecule has 0 radical (unpaired) electrons. The summed E-state index contributed by atoms with van der Waals surface area (Å²) in [7, 11) is 7.24. The number of rotatable bonds is 9. The summed E-state index contributed by atoms with van der Waals surface area (Å²) in [6.45, 7) is 5.45. The van der Waals surface area contributed by atoms with E-state index in [1.54, 1.807) is 32.5 Å². The number of aromatic nitrogens is 3. The lowest BCUT2D eigenvalue weighted by molar-refractivity contribution is 0.215. The van der Waals surface area contributed by atoms with Crippen LogP contribution in [0, 0.1) is 0 Å². The molecule has 0 amide bonds. The molecule has 3 N–H and O–H groups in total. The van der Waals surface area contributed by atoms with E-state index in [1.807, 2.05) is 44.1 Å². The van der Waals surface area contributed by atoms with E-state index in [2.05, 4.69) is 25.8 Å². The molecule has 3 heterocycles. The first-order chi connectivity index (χ1) is 18.9. The number of hydrogen-bond donors (Lipinski definition) is 2. The van der Waals surface area contributed by atoms with Crippen molar-refractivity contribution < 1.29 is 18.9 Å². The van der Waals surface area contributed by atoms with Gasteiger partial charge in [0.25, 0.3) is 0 Å². The summed E-state index contributed by atoms with van der Waals surface area (Å²) in [6, 6.07) is 9.50. The zero-order chi connectivity index (χ0) is 27.9. The first kappa shape index (κ1) is 28.3. The number of nitrogens with two attached hydrogens (primary N) is 1. The molecule has 0 bridgehead atoms. The zero-order valence-electron chi connectivity index (χ0n) is 23.0. The Bertz CT molecular complexity index is 1420. The van der Waals surface area contributed by atoms with Crippen molar-refractivity contribution >= 4 is 39.8 Å². The second-order valence-corrected chi connectivity index (χ2v) is 9.48. The summed E-state index contributed by atoms with van der Waals surface area (Å²) >= 11 is 6.56. The molecule has 10 nitrogen and oxygen atoms in total. The van der Waals surface area contributed by atoms with E-state index in [9.17, 15) is 0 Å². The van der Waals surface area contributed by atoms with E-state index in [0.29, 0.717) is 52.8 Å². The van der Waals surface area contributed by atoms with Gasteiger partial charge in [0.2, 0.25) is 5.95 Å². The van der Waals surface area contributed by atoms with Crippen LogP contribution in [-0.4, -0.2) is 74.1 Å². The van der Waals surface area contributed by atoms with Crippen LogP contribution in [0.25, 0.3) is 22.2 Å². The Morgan fingerprint density at radius 1 is 1.21 bits per heavy atom. The van der Waals surface area contributed by atoms with E-state index in [0.717, 1.165) is 41.9 Å². The predicted octanol–water partition coefficient (Wildman–Crippen LogP) is 5.07. The molecule has 0 spiro atoms. The van der Waals surface area contributed by atoms with Gasteiger partial charge in [0.15, 0.2) is 0 Å². The van der Waals surface area contributed by atoms with Gasteiger partial charge in [-0.25, -0.2) is 9.97 Å². The minimum atomic E-state index is 0.367. The highest BCUT2D eigenvalue weighted by molar-refractivity contribution is 6.33. The van der Waals surface area contributed by atoms with Crippen LogP contribution in [-0.2, 0) is 11.3 Å². The molecule has 4 aromatic rings. The van der Waals surface area contributed by atoms with Crippen molar-refractivity contribution in [3.8, 4) is 28.5 Å². The molecule has 0 fully saturated rings. The second-order valence-electron chi connectivity index (χ2n) is 9.07. The van der Waals surface area contributed by atoms with Crippen LogP contribution >= 0.6 is 11.6 Å². The number of nitrogens with zero attached hydrogens (tertiary/aromatic N) is 4.